The molecule has 2 spiro atoms. The summed E-state index contributed by atoms with van der Waals surface area (Å²) in [5.74, 6) is -0.947. The molecule has 3 atom stereocenters. The molecule has 4 aromatic carbocycles. The molecule has 7 rings (SSSR count). The molecule has 2 fully saturated rings. The molecule has 4 aromatic rings. The fourth-order valence-electron chi connectivity index (χ4n) is 6.46. The number of nitrogens with one attached hydrogen (secondary N) is 1. The summed E-state index contributed by atoms with van der Waals surface area (Å²) in [7, 11) is 0. The van der Waals surface area contributed by atoms with Crippen LogP contribution in [0.5, 0.6) is 0 Å². The maximum Gasteiger partial charge on any atom is 0.258 e. The van der Waals surface area contributed by atoms with Crippen molar-refractivity contribution >= 4 is 63.0 Å². The van der Waals surface area contributed by atoms with Crippen LogP contribution >= 0.6 is 36.2 Å². The Labute approximate surface area is 253 Å². The van der Waals surface area contributed by atoms with Gasteiger partial charge in [0.25, 0.3) is 11.8 Å². The number of fused-ring (bicyclic) bond motifs is 2. The van der Waals surface area contributed by atoms with Crippen LogP contribution in [0.25, 0.3) is 0 Å². The Morgan fingerprint density at radius 1 is 0.683 bits per heavy atom. The van der Waals surface area contributed by atoms with E-state index in [0.29, 0.717) is 22.4 Å². The smallest absolute Gasteiger partial charge is 0.258 e. The van der Waals surface area contributed by atoms with Crippen LogP contribution in [0.1, 0.15) is 28.2 Å². The first-order valence-corrected chi connectivity index (χ1v) is 15.0. The van der Waals surface area contributed by atoms with Crippen molar-refractivity contribution in [1.29, 1.82) is 0 Å². The highest BCUT2D eigenvalue weighted by Crippen LogP contribution is 2.62. The molecule has 1 N–H and O–H groups in total. The fraction of sp³-hybridized carbons (Fsp3) is 0.152. The van der Waals surface area contributed by atoms with Gasteiger partial charge >= 0.3 is 0 Å². The summed E-state index contributed by atoms with van der Waals surface area (Å²) < 4.78 is -0.811. The number of thioether (sulfide) groups is 1. The molecule has 2 amide bonds. The second-order valence-electron chi connectivity index (χ2n) is 10.5. The van der Waals surface area contributed by atoms with Crippen molar-refractivity contribution in [2.24, 2.45) is 0 Å². The van der Waals surface area contributed by atoms with Gasteiger partial charge in [-0.1, -0.05) is 145 Å². The zero-order valence-corrected chi connectivity index (χ0v) is 24.3. The van der Waals surface area contributed by atoms with Crippen LogP contribution in [0.15, 0.2) is 115 Å². The van der Waals surface area contributed by atoms with E-state index in [0.717, 1.165) is 27.9 Å². The normalized spacial score (nSPS) is 24.9. The number of carbonyl (C=O) groups is 2. The maximum absolute atomic E-state index is 14.9. The second-order valence-corrected chi connectivity index (χ2v) is 12.8. The molecule has 41 heavy (non-hydrogen) atoms. The first-order valence-electron chi connectivity index (χ1n) is 13.4. The van der Waals surface area contributed by atoms with Crippen molar-refractivity contribution in [2.45, 2.75) is 29.3 Å². The third-order valence-corrected chi connectivity index (χ3v) is 10.6. The highest BCUT2D eigenvalue weighted by molar-refractivity contribution is 8.25. The van der Waals surface area contributed by atoms with Crippen molar-refractivity contribution < 1.29 is 9.59 Å². The van der Waals surface area contributed by atoms with Crippen molar-refractivity contribution in [1.82, 2.24) is 10.2 Å². The lowest BCUT2D eigenvalue weighted by Crippen LogP contribution is -2.52. The Balaban J connectivity index is 1.40. The van der Waals surface area contributed by atoms with Crippen molar-refractivity contribution in [3.63, 3.8) is 0 Å². The van der Waals surface area contributed by atoms with Gasteiger partial charge in [-0.15, -0.1) is 0 Å². The largest absolute Gasteiger partial charge is 0.360 e. The summed E-state index contributed by atoms with van der Waals surface area (Å²) in [6, 6.07) is 37.3. The molecular formula is C33H25N3O2S3. The fourth-order valence-corrected chi connectivity index (χ4v) is 8.80. The Bertz CT molecular complexity index is 1700. The van der Waals surface area contributed by atoms with Gasteiger partial charge in [-0.3, -0.25) is 14.5 Å². The summed E-state index contributed by atoms with van der Waals surface area (Å²) in [6.45, 7) is 0.746. The van der Waals surface area contributed by atoms with Gasteiger partial charge in [0.05, 0.1) is 24.7 Å². The lowest BCUT2D eigenvalue weighted by Gasteiger charge is -2.35. The first-order chi connectivity index (χ1) is 20.0. The van der Waals surface area contributed by atoms with E-state index in [9.17, 15) is 9.59 Å². The van der Waals surface area contributed by atoms with Gasteiger partial charge in [-0.2, -0.15) is 0 Å². The molecule has 0 unspecified atom stereocenters. The number of rotatable bonds is 5. The zero-order chi connectivity index (χ0) is 28.2. The minimum Gasteiger partial charge on any atom is -0.360 e. The van der Waals surface area contributed by atoms with Gasteiger partial charge in [-0.25, -0.2) is 0 Å². The molecule has 0 aromatic heterocycles. The molecule has 3 aliphatic rings. The summed E-state index contributed by atoms with van der Waals surface area (Å²) in [5.41, 5.74) is 3.20. The van der Waals surface area contributed by atoms with E-state index in [1.807, 2.05) is 120 Å². The standard InChI is InChI=1S/C33H25N3O2S3/c37-29-32(25-18-10-11-19-26(25)35(29)20-22-12-4-1-5-13-22)27(24-16-8-3-9-17-24)33(28(39)34-32)30(38)36(31(40)41-33)21-23-14-6-2-7-15-23/h1-19,27H,20-21H2,(H,34,39)/t27-,32+,33-/m1/s1. The van der Waals surface area contributed by atoms with E-state index in [2.05, 4.69) is 5.32 Å². The van der Waals surface area contributed by atoms with Gasteiger partial charge < -0.3 is 10.2 Å². The molecule has 2 saturated heterocycles. The minimum absolute atomic E-state index is 0.128. The van der Waals surface area contributed by atoms with Crippen LogP contribution in [0, 0.1) is 0 Å². The molecule has 0 bridgehead atoms. The van der Waals surface area contributed by atoms with Gasteiger partial charge in [0.2, 0.25) is 0 Å². The van der Waals surface area contributed by atoms with Gasteiger partial charge in [-0.05, 0) is 22.8 Å². The Morgan fingerprint density at radius 3 is 1.85 bits per heavy atom. The number of benzene rings is 4. The predicted octanol–water partition coefficient (Wildman–Crippen LogP) is 5.94. The number of carbonyl (C=O) groups excluding carboxylic acids is 2. The molecule has 3 aliphatic heterocycles. The van der Waals surface area contributed by atoms with E-state index < -0.39 is 16.2 Å². The second kappa shape index (κ2) is 9.91. The first kappa shape index (κ1) is 26.1. The Morgan fingerprint density at radius 2 is 1.22 bits per heavy atom. The monoisotopic (exact) mass is 591 g/mol. The van der Waals surface area contributed by atoms with Crippen LogP contribution in [0.2, 0.25) is 0 Å². The summed E-state index contributed by atoms with van der Waals surface area (Å²) in [5, 5.41) is 3.48. The van der Waals surface area contributed by atoms with Crippen molar-refractivity contribution in [2.75, 3.05) is 4.90 Å². The predicted molar refractivity (Wildman–Crippen MR) is 171 cm³/mol. The molecule has 0 radical (unpaired) electrons. The molecule has 0 aliphatic carbocycles. The topological polar surface area (TPSA) is 52.7 Å². The summed E-state index contributed by atoms with van der Waals surface area (Å²) >= 11 is 13.2. The van der Waals surface area contributed by atoms with Gasteiger partial charge in [0, 0.05) is 5.56 Å². The molecule has 0 saturated carbocycles. The SMILES string of the molecule is O=C1N(Cc2ccccc2)C(=S)S[C@]12C(=S)N[C@]1(C(=O)N(Cc3ccccc3)c3ccccc31)[C@H]2c1ccccc1. The number of anilines is 1. The van der Waals surface area contributed by atoms with E-state index >= 15 is 0 Å². The Kier molecular flexibility index (Phi) is 6.30. The molecule has 202 valence electrons. The maximum atomic E-state index is 14.9. The van der Waals surface area contributed by atoms with E-state index in [1.165, 1.54) is 11.8 Å². The number of para-hydroxylation sites is 1. The van der Waals surface area contributed by atoms with Gasteiger partial charge in [0.1, 0.15) is 9.31 Å². The third-order valence-electron chi connectivity index (χ3n) is 8.22. The van der Waals surface area contributed by atoms with Gasteiger partial charge in [0.15, 0.2) is 10.3 Å². The number of thiocarbonyl (C=S) groups is 2. The van der Waals surface area contributed by atoms with Crippen molar-refractivity contribution in [3.05, 3.63) is 138 Å². The third kappa shape index (κ3) is 3.81. The van der Waals surface area contributed by atoms with Crippen LogP contribution in [0.3, 0.4) is 0 Å². The lowest BCUT2D eigenvalue weighted by atomic mass is 9.71. The van der Waals surface area contributed by atoms with E-state index in [-0.39, 0.29) is 11.8 Å². The minimum atomic E-state index is -1.27. The highest BCUT2D eigenvalue weighted by Gasteiger charge is 2.74. The van der Waals surface area contributed by atoms with E-state index in [1.54, 1.807) is 4.90 Å². The average Bonchev–Trinajstić information content (AvgIpc) is 3.51. The highest BCUT2D eigenvalue weighted by atomic mass is 32.2. The lowest BCUT2D eigenvalue weighted by molar-refractivity contribution is -0.129. The van der Waals surface area contributed by atoms with Crippen LogP contribution in [-0.2, 0) is 28.2 Å². The van der Waals surface area contributed by atoms with Crippen LogP contribution in [0.4, 0.5) is 5.69 Å². The van der Waals surface area contributed by atoms with Crippen LogP contribution < -0.4 is 10.2 Å². The summed E-state index contributed by atoms with van der Waals surface area (Å²) in [6.07, 6.45) is 0. The average molecular weight is 592 g/mol. The molecule has 5 nitrogen and oxygen atoms in total. The number of hydrogen-bond acceptors (Lipinski definition) is 5. The molecular weight excluding hydrogens is 567 g/mol. The van der Waals surface area contributed by atoms with Crippen LogP contribution in [-0.4, -0.2) is 30.8 Å². The Hall–Kier alpha value is -3.85. The summed E-state index contributed by atoms with van der Waals surface area (Å²) in [4.78, 5) is 33.3. The number of hydrogen-bond donors (Lipinski definition) is 1. The van der Waals surface area contributed by atoms with Crippen molar-refractivity contribution in [3.8, 4) is 0 Å². The quantitative estimate of drug-likeness (QED) is 0.290. The molecule has 8 heteroatoms. The molecule has 3 heterocycles. The zero-order valence-electron chi connectivity index (χ0n) is 21.9. The van der Waals surface area contributed by atoms with E-state index in [4.69, 9.17) is 24.4 Å². The number of amides is 2. The number of nitrogens with zero attached hydrogens (tertiary/aromatic N) is 2.